The van der Waals surface area contributed by atoms with Gasteiger partial charge in [-0.1, -0.05) is 36.0 Å². The Balaban J connectivity index is 1.35. The number of anilines is 2. The molecule has 0 spiro atoms. The van der Waals surface area contributed by atoms with E-state index in [0.717, 1.165) is 5.69 Å². The molecule has 3 aromatic carbocycles. The lowest BCUT2D eigenvalue weighted by Crippen LogP contribution is -2.37. The second kappa shape index (κ2) is 10.3. The summed E-state index contributed by atoms with van der Waals surface area (Å²) < 4.78 is 13.5. The highest BCUT2D eigenvalue weighted by Gasteiger charge is 2.24. The molecule has 0 saturated carbocycles. The zero-order valence-electron chi connectivity index (χ0n) is 20.0. The van der Waals surface area contributed by atoms with E-state index >= 15 is 0 Å². The maximum absolute atomic E-state index is 13.4. The van der Waals surface area contributed by atoms with Crippen molar-refractivity contribution in [2.75, 3.05) is 36.7 Å². The number of hydrogen-bond donors (Lipinski definition) is 1. The van der Waals surface area contributed by atoms with Crippen molar-refractivity contribution in [2.24, 2.45) is 0 Å². The molecule has 184 valence electrons. The largest absolute Gasteiger partial charge is 0.486 e. The molecule has 1 aliphatic heterocycles. The lowest BCUT2D eigenvalue weighted by molar-refractivity contribution is -0.113. The first-order valence-electron chi connectivity index (χ1n) is 11.6. The van der Waals surface area contributed by atoms with Gasteiger partial charge in [0.15, 0.2) is 22.8 Å². The van der Waals surface area contributed by atoms with Gasteiger partial charge in [0.25, 0.3) is 5.56 Å². The van der Waals surface area contributed by atoms with Crippen molar-refractivity contribution in [3.05, 3.63) is 83.2 Å². The Morgan fingerprint density at radius 1 is 1.06 bits per heavy atom. The van der Waals surface area contributed by atoms with Crippen molar-refractivity contribution in [1.29, 1.82) is 0 Å². The maximum atomic E-state index is 13.4. The monoisotopic (exact) mass is 502 g/mol. The maximum Gasteiger partial charge on any atom is 0.262 e. The zero-order valence-corrected chi connectivity index (χ0v) is 20.8. The average molecular weight is 503 g/mol. The second-order valence-corrected chi connectivity index (χ2v) is 9.55. The smallest absolute Gasteiger partial charge is 0.262 e. The summed E-state index contributed by atoms with van der Waals surface area (Å²) in [6.45, 7) is 0.560. The van der Waals surface area contributed by atoms with E-state index in [4.69, 9.17) is 14.5 Å². The van der Waals surface area contributed by atoms with Crippen molar-refractivity contribution >= 4 is 39.9 Å². The van der Waals surface area contributed by atoms with Crippen LogP contribution in [0.4, 0.5) is 11.4 Å². The lowest BCUT2D eigenvalue weighted by atomic mass is 10.2. The van der Waals surface area contributed by atoms with Gasteiger partial charge >= 0.3 is 0 Å². The molecule has 1 N–H and O–H groups in total. The standard InChI is InChI=1S/C27H26N4O4S/c1-30(2)19-13-11-18(12-14-19)28-25(32)17-36-27-29-22-8-4-3-7-21(22)26(33)31(27)15-20-16-34-23-9-5-6-10-24(23)35-20/h3-14,20H,15-17H2,1-2H3,(H,28,32). The molecular formula is C27H26N4O4S. The molecule has 0 radical (unpaired) electrons. The third kappa shape index (κ3) is 5.16. The molecule has 9 heteroatoms. The Kier molecular flexibility index (Phi) is 6.81. The van der Waals surface area contributed by atoms with Gasteiger partial charge in [-0.05, 0) is 48.5 Å². The third-order valence-electron chi connectivity index (χ3n) is 5.78. The van der Waals surface area contributed by atoms with Crippen LogP contribution in [0.1, 0.15) is 0 Å². The number of thioether (sulfide) groups is 1. The van der Waals surface area contributed by atoms with Crippen LogP contribution < -0.4 is 25.2 Å². The van der Waals surface area contributed by atoms with Crippen molar-refractivity contribution in [2.45, 2.75) is 17.8 Å². The van der Waals surface area contributed by atoms with Crippen molar-refractivity contribution in [3.63, 3.8) is 0 Å². The van der Waals surface area contributed by atoms with Gasteiger partial charge in [0.2, 0.25) is 5.91 Å². The van der Waals surface area contributed by atoms with Gasteiger partial charge in [-0.3, -0.25) is 14.2 Å². The summed E-state index contributed by atoms with van der Waals surface area (Å²) in [5, 5.41) is 3.88. The summed E-state index contributed by atoms with van der Waals surface area (Å²) in [7, 11) is 3.92. The normalized spacial score (nSPS) is 14.4. The predicted octanol–water partition coefficient (Wildman–Crippen LogP) is 4.03. The fraction of sp³-hybridized carbons (Fsp3) is 0.222. The fourth-order valence-electron chi connectivity index (χ4n) is 3.95. The first-order chi connectivity index (χ1) is 17.5. The number of para-hydroxylation sites is 3. The van der Waals surface area contributed by atoms with Crippen LogP contribution in [-0.2, 0) is 11.3 Å². The van der Waals surface area contributed by atoms with E-state index in [1.165, 1.54) is 11.8 Å². The number of benzene rings is 3. The molecule has 8 nitrogen and oxygen atoms in total. The zero-order chi connectivity index (χ0) is 25.1. The molecule has 0 saturated heterocycles. The quantitative estimate of drug-likeness (QED) is 0.302. The fourth-order valence-corrected chi connectivity index (χ4v) is 4.75. The number of nitrogens with one attached hydrogen (secondary N) is 1. The van der Waals surface area contributed by atoms with Gasteiger partial charge in [-0.15, -0.1) is 0 Å². The highest BCUT2D eigenvalue weighted by molar-refractivity contribution is 7.99. The van der Waals surface area contributed by atoms with E-state index in [-0.39, 0.29) is 29.9 Å². The Morgan fingerprint density at radius 3 is 2.56 bits per heavy atom. The molecule has 1 atom stereocenters. The van der Waals surface area contributed by atoms with Crippen LogP contribution in [0, 0.1) is 0 Å². The summed E-state index contributed by atoms with van der Waals surface area (Å²) in [6.07, 6.45) is -0.371. The molecule has 1 aliphatic rings. The van der Waals surface area contributed by atoms with Crippen LogP contribution in [0.25, 0.3) is 10.9 Å². The van der Waals surface area contributed by atoms with Crippen molar-refractivity contribution in [1.82, 2.24) is 9.55 Å². The van der Waals surface area contributed by atoms with Crippen molar-refractivity contribution < 1.29 is 14.3 Å². The van der Waals surface area contributed by atoms with Crippen LogP contribution in [0.2, 0.25) is 0 Å². The highest BCUT2D eigenvalue weighted by Crippen LogP contribution is 2.31. The summed E-state index contributed by atoms with van der Waals surface area (Å²) >= 11 is 1.22. The molecule has 0 fully saturated rings. The Labute approximate surface area is 212 Å². The van der Waals surface area contributed by atoms with Crippen molar-refractivity contribution in [3.8, 4) is 11.5 Å². The number of ether oxygens (including phenoxy) is 2. The molecule has 0 aliphatic carbocycles. The number of fused-ring (bicyclic) bond motifs is 2. The third-order valence-corrected chi connectivity index (χ3v) is 6.76. The predicted molar refractivity (Wildman–Crippen MR) is 142 cm³/mol. The van der Waals surface area contributed by atoms with E-state index in [1.807, 2.05) is 79.7 Å². The van der Waals surface area contributed by atoms with Gasteiger partial charge in [0.05, 0.1) is 23.2 Å². The van der Waals surface area contributed by atoms with Crippen LogP contribution in [0.15, 0.2) is 82.7 Å². The molecular weight excluding hydrogens is 476 g/mol. The minimum absolute atomic E-state index is 0.102. The van der Waals surface area contributed by atoms with Crippen LogP contribution in [-0.4, -0.2) is 48.0 Å². The van der Waals surface area contributed by atoms with Crippen LogP contribution >= 0.6 is 11.8 Å². The van der Waals surface area contributed by atoms with Gasteiger partial charge in [0.1, 0.15) is 6.61 Å². The number of aromatic nitrogens is 2. The number of hydrogen-bond acceptors (Lipinski definition) is 7. The Morgan fingerprint density at radius 2 is 1.78 bits per heavy atom. The molecule has 1 amide bonds. The van der Waals surface area contributed by atoms with Gasteiger partial charge in [-0.2, -0.15) is 0 Å². The molecule has 36 heavy (non-hydrogen) atoms. The first kappa shape index (κ1) is 23.7. The Hall–Kier alpha value is -3.98. The minimum atomic E-state index is -0.371. The number of amides is 1. The van der Waals surface area contributed by atoms with Gasteiger partial charge in [0, 0.05) is 25.5 Å². The van der Waals surface area contributed by atoms with E-state index in [0.29, 0.717) is 39.9 Å². The molecule has 5 rings (SSSR count). The SMILES string of the molecule is CN(C)c1ccc(NC(=O)CSc2nc3ccccc3c(=O)n2CC2COc3ccccc3O2)cc1. The Bertz CT molecular complexity index is 1450. The number of carbonyl (C=O) groups is 1. The van der Waals surface area contributed by atoms with E-state index in [9.17, 15) is 9.59 Å². The van der Waals surface area contributed by atoms with E-state index in [2.05, 4.69) is 5.32 Å². The van der Waals surface area contributed by atoms with Gasteiger partial charge < -0.3 is 19.7 Å². The molecule has 2 heterocycles. The lowest BCUT2D eigenvalue weighted by Gasteiger charge is -2.27. The second-order valence-electron chi connectivity index (χ2n) is 8.60. The van der Waals surface area contributed by atoms with Gasteiger partial charge in [-0.25, -0.2) is 4.98 Å². The minimum Gasteiger partial charge on any atom is -0.486 e. The van der Waals surface area contributed by atoms with Crippen LogP contribution in [0.3, 0.4) is 0 Å². The number of rotatable bonds is 7. The average Bonchev–Trinajstić information content (AvgIpc) is 2.89. The molecule has 0 bridgehead atoms. The van der Waals surface area contributed by atoms with E-state index < -0.39 is 0 Å². The summed E-state index contributed by atoms with van der Waals surface area (Å²) in [4.78, 5) is 32.8. The topological polar surface area (TPSA) is 85.7 Å². The highest BCUT2D eigenvalue weighted by atomic mass is 32.2. The van der Waals surface area contributed by atoms with Crippen LogP contribution in [0.5, 0.6) is 11.5 Å². The summed E-state index contributed by atoms with van der Waals surface area (Å²) in [6, 6.07) is 22.3. The number of carbonyl (C=O) groups excluding carboxylic acids is 1. The van der Waals surface area contributed by atoms with E-state index in [1.54, 1.807) is 16.7 Å². The first-order valence-corrected chi connectivity index (χ1v) is 12.5. The molecule has 1 unspecified atom stereocenters. The molecule has 1 aromatic heterocycles. The summed E-state index contributed by atoms with van der Waals surface area (Å²) in [5.74, 6) is 1.25. The number of nitrogens with zero attached hydrogens (tertiary/aromatic N) is 3. The summed E-state index contributed by atoms with van der Waals surface area (Å²) in [5.41, 5.74) is 2.17. The molecule has 4 aromatic rings.